The smallest absolute Gasteiger partial charge is 0.416 e. The largest absolute Gasteiger partial charge is 0.486 e. The van der Waals surface area contributed by atoms with Crippen LogP contribution >= 0.6 is 0 Å². The Bertz CT molecular complexity index is 721. The van der Waals surface area contributed by atoms with Crippen LogP contribution < -0.4 is 10.5 Å². The molecule has 0 saturated heterocycles. The molecule has 0 aliphatic rings. The van der Waals surface area contributed by atoms with Crippen LogP contribution in [-0.2, 0) is 15.8 Å². The monoisotopic (exact) mass is 385 g/mol. The molecule has 27 heavy (non-hydrogen) atoms. The van der Waals surface area contributed by atoms with Gasteiger partial charge in [0.2, 0.25) is 0 Å². The van der Waals surface area contributed by atoms with Crippen molar-refractivity contribution in [3.8, 4) is 5.75 Å². The van der Waals surface area contributed by atoms with Crippen LogP contribution in [0.15, 0.2) is 54.6 Å². The first-order chi connectivity index (χ1) is 12.6. The second-order valence-electron chi connectivity index (χ2n) is 5.23. The van der Waals surface area contributed by atoms with Crippen molar-refractivity contribution in [2.24, 2.45) is 5.73 Å². The van der Waals surface area contributed by atoms with Crippen molar-refractivity contribution in [2.45, 2.75) is 18.7 Å². The van der Waals surface area contributed by atoms with Crippen molar-refractivity contribution in [2.75, 3.05) is 6.54 Å². The molecule has 0 aromatic heterocycles. The minimum atomic E-state index is -4.34. The Morgan fingerprint density at radius 2 is 1.48 bits per heavy atom. The summed E-state index contributed by atoms with van der Waals surface area (Å²) >= 11 is 0. The van der Waals surface area contributed by atoms with E-state index in [1.54, 1.807) is 0 Å². The number of carbonyl (C=O) groups is 2. The lowest BCUT2D eigenvalue weighted by atomic mass is 10.1. The predicted molar refractivity (Wildman–Crippen MR) is 90.2 cm³/mol. The number of halogens is 3. The SMILES string of the molecule is NCCC(Oc1ccc(C(F)(F)F)cc1)c1ccccc1.O=C(O)C(=O)O. The third-order valence-corrected chi connectivity index (χ3v) is 3.24. The van der Waals surface area contributed by atoms with Crippen LogP contribution in [0, 0.1) is 0 Å². The molecular weight excluding hydrogens is 367 g/mol. The Kier molecular flexibility index (Phi) is 8.28. The molecule has 0 radical (unpaired) electrons. The minimum Gasteiger partial charge on any atom is -0.486 e. The first-order valence-corrected chi connectivity index (χ1v) is 7.70. The molecule has 0 heterocycles. The lowest BCUT2D eigenvalue weighted by molar-refractivity contribution is -0.159. The summed E-state index contributed by atoms with van der Waals surface area (Å²) in [6.45, 7) is 0.431. The van der Waals surface area contributed by atoms with Crippen molar-refractivity contribution in [3.63, 3.8) is 0 Å². The Balaban J connectivity index is 0.000000527. The Morgan fingerprint density at radius 1 is 0.963 bits per heavy atom. The van der Waals surface area contributed by atoms with Gasteiger partial charge in [0.25, 0.3) is 0 Å². The van der Waals surface area contributed by atoms with E-state index in [0.717, 1.165) is 17.7 Å². The van der Waals surface area contributed by atoms with Gasteiger partial charge in [0, 0.05) is 6.42 Å². The number of carboxylic acid groups (broad SMARTS) is 2. The fraction of sp³-hybridized carbons (Fsp3) is 0.222. The third kappa shape index (κ3) is 7.78. The number of hydrogen-bond donors (Lipinski definition) is 3. The summed E-state index contributed by atoms with van der Waals surface area (Å²) in [7, 11) is 0. The van der Waals surface area contributed by atoms with Gasteiger partial charge in [0.05, 0.1) is 5.56 Å². The lowest BCUT2D eigenvalue weighted by Gasteiger charge is -2.19. The summed E-state index contributed by atoms with van der Waals surface area (Å²) in [4.78, 5) is 18.2. The van der Waals surface area contributed by atoms with E-state index in [1.165, 1.54) is 12.1 Å². The Labute approximate surface area is 153 Å². The van der Waals surface area contributed by atoms with E-state index in [9.17, 15) is 13.2 Å². The molecule has 9 heteroatoms. The highest BCUT2D eigenvalue weighted by molar-refractivity contribution is 6.27. The summed E-state index contributed by atoms with van der Waals surface area (Å²) in [6, 6.07) is 14.2. The van der Waals surface area contributed by atoms with Gasteiger partial charge < -0.3 is 20.7 Å². The van der Waals surface area contributed by atoms with Crippen LogP contribution in [0.25, 0.3) is 0 Å². The summed E-state index contributed by atoms with van der Waals surface area (Å²) in [5, 5.41) is 14.8. The zero-order chi connectivity index (χ0) is 20.4. The first-order valence-electron chi connectivity index (χ1n) is 7.70. The van der Waals surface area contributed by atoms with Gasteiger partial charge in [-0.25, -0.2) is 9.59 Å². The standard InChI is InChI=1S/C16H16F3NO.C2H2O4/c17-16(18,19)13-6-8-14(9-7-13)21-15(10-11-20)12-4-2-1-3-5-12;3-1(4)2(5)6/h1-9,15H,10-11,20H2;(H,3,4)(H,5,6). The molecule has 146 valence electrons. The Morgan fingerprint density at radius 3 is 1.89 bits per heavy atom. The van der Waals surface area contributed by atoms with Gasteiger partial charge in [0.1, 0.15) is 11.9 Å². The van der Waals surface area contributed by atoms with Gasteiger partial charge in [-0.05, 0) is 36.4 Å². The quantitative estimate of drug-likeness (QED) is 0.681. The number of benzene rings is 2. The average Bonchev–Trinajstić information content (AvgIpc) is 2.62. The van der Waals surface area contributed by atoms with E-state index in [-0.39, 0.29) is 6.10 Å². The molecule has 0 aliphatic heterocycles. The second kappa shape index (κ2) is 10.2. The molecule has 0 amide bonds. The second-order valence-corrected chi connectivity index (χ2v) is 5.23. The third-order valence-electron chi connectivity index (χ3n) is 3.24. The van der Waals surface area contributed by atoms with Gasteiger partial charge >= 0.3 is 18.1 Å². The molecule has 2 aromatic rings. The lowest BCUT2D eigenvalue weighted by Crippen LogP contribution is -2.13. The van der Waals surface area contributed by atoms with Crippen molar-refractivity contribution >= 4 is 11.9 Å². The number of rotatable bonds is 5. The number of nitrogens with two attached hydrogens (primary N) is 1. The molecule has 0 bridgehead atoms. The number of alkyl halides is 3. The van der Waals surface area contributed by atoms with Crippen molar-refractivity contribution in [1.29, 1.82) is 0 Å². The normalized spacial score (nSPS) is 11.7. The molecule has 2 aromatic carbocycles. The van der Waals surface area contributed by atoms with Crippen LogP contribution in [0.3, 0.4) is 0 Å². The molecule has 6 nitrogen and oxygen atoms in total. The number of carboxylic acids is 2. The molecule has 0 fully saturated rings. The van der Waals surface area contributed by atoms with Crippen LogP contribution in [0.4, 0.5) is 13.2 Å². The zero-order valence-electron chi connectivity index (χ0n) is 14.0. The topological polar surface area (TPSA) is 110 Å². The van der Waals surface area contributed by atoms with Crippen LogP contribution in [0.5, 0.6) is 5.75 Å². The van der Waals surface area contributed by atoms with E-state index >= 15 is 0 Å². The number of hydrogen-bond acceptors (Lipinski definition) is 4. The molecule has 4 N–H and O–H groups in total. The van der Waals surface area contributed by atoms with Gasteiger partial charge in [-0.3, -0.25) is 0 Å². The van der Waals surface area contributed by atoms with Crippen LogP contribution in [0.2, 0.25) is 0 Å². The van der Waals surface area contributed by atoms with Crippen molar-refractivity contribution < 1.29 is 37.7 Å². The highest BCUT2D eigenvalue weighted by Gasteiger charge is 2.30. The molecule has 1 unspecified atom stereocenters. The summed E-state index contributed by atoms with van der Waals surface area (Å²) < 4.78 is 43.3. The minimum absolute atomic E-state index is 0.270. The highest BCUT2D eigenvalue weighted by Crippen LogP contribution is 2.31. The number of aliphatic carboxylic acids is 2. The van der Waals surface area contributed by atoms with Crippen LogP contribution in [-0.4, -0.2) is 28.7 Å². The molecule has 1 atom stereocenters. The fourth-order valence-corrected chi connectivity index (χ4v) is 2.00. The average molecular weight is 385 g/mol. The molecule has 0 saturated carbocycles. The maximum absolute atomic E-state index is 12.5. The van der Waals surface area contributed by atoms with E-state index in [4.69, 9.17) is 30.3 Å². The van der Waals surface area contributed by atoms with Crippen molar-refractivity contribution in [3.05, 3.63) is 65.7 Å². The maximum atomic E-state index is 12.5. The maximum Gasteiger partial charge on any atom is 0.416 e. The summed E-state index contributed by atoms with van der Waals surface area (Å²) in [6.07, 6.45) is -4.02. The van der Waals surface area contributed by atoms with Gasteiger partial charge in [-0.2, -0.15) is 13.2 Å². The summed E-state index contributed by atoms with van der Waals surface area (Å²) in [5.74, 6) is -3.25. The van der Waals surface area contributed by atoms with Crippen LogP contribution in [0.1, 0.15) is 23.7 Å². The van der Waals surface area contributed by atoms with E-state index in [0.29, 0.717) is 18.7 Å². The van der Waals surface area contributed by atoms with Crippen molar-refractivity contribution in [1.82, 2.24) is 0 Å². The van der Waals surface area contributed by atoms with Gasteiger partial charge in [-0.1, -0.05) is 30.3 Å². The molecule has 2 rings (SSSR count). The predicted octanol–water partition coefficient (Wildman–Crippen LogP) is 3.33. The van der Waals surface area contributed by atoms with E-state index in [2.05, 4.69) is 0 Å². The number of ether oxygens (including phenoxy) is 1. The van der Waals surface area contributed by atoms with E-state index < -0.39 is 23.7 Å². The van der Waals surface area contributed by atoms with Gasteiger partial charge in [0.15, 0.2) is 0 Å². The first kappa shape index (κ1) is 22.0. The Hall–Kier alpha value is -3.07. The van der Waals surface area contributed by atoms with E-state index in [1.807, 2.05) is 30.3 Å². The van der Waals surface area contributed by atoms with Gasteiger partial charge in [-0.15, -0.1) is 0 Å². The molecular formula is C18H18F3NO5. The highest BCUT2D eigenvalue weighted by atomic mass is 19.4. The fourth-order valence-electron chi connectivity index (χ4n) is 2.00. The zero-order valence-corrected chi connectivity index (χ0v) is 14.0. The molecule has 0 spiro atoms. The molecule has 0 aliphatic carbocycles. The summed E-state index contributed by atoms with van der Waals surface area (Å²) in [5.41, 5.74) is 5.83.